The quantitative estimate of drug-likeness (QED) is 0.429. The minimum absolute atomic E-state index is 0.0172. The molecule has 0 bridgehead atoms. The molecule has 0 aliphatic carbocycles. The highest BCUT2D eigenvalue weighted by molar-refractivity contribution is 6.36. The van der Waals surface area contributed by atoms with Gasteiger partial charge < -0.3 is 5.21 Å². The average molecular weight is 208 g/mol. The maximum absolute atomic E-state index is 12.9. The Balaban J connectivity index is 3.28. The first-order chi connectivity index (χ1) is 5.65. The van der Waals surface area contributed by atoms with Crippen molar-refractivity contribution in [3.8, 4) is 0 Å². The molecular formula is C7H4Cl2FNO. The van der Waals surface area contributed by atoms with Crippen molar-refractivity contribution in [2.24, 2.45) is 5.16 Å². The molecule has 0 aliphatic rings. The lowest BCUT2D eigenvalue weighted by Crippen LogP contribution is -1.89. The van der Waals surface area contributed by atoms with Gasteiger partial charge in [-0.05, 0) is 12.1 Å². The lowest BCUT2D eigenvalue weighted by Gasteiger charge is -1.99. The number of oxime groups is 1. The first kappa shape index (κ1) is 9.29. The Morgan fingerprint density at radius 2 is 2.08 bits per heavy atom. The van der Waals surface area contributed by atoms with Crippen LogP contribution in [0.3, 0.4) is 0 Å². The molecule has 64 valence electrons. The molecule has 0 saturated carbocycles. The number of benzene rings is 1. The minimum atomic E-state index is -0.620. The van der Waals surface area contributed by atoms with Gasteiger partial charge in [0.05, 0.1) is 16.8 Å². The van der Waals surface area contributed by atoms with Gasteiger partial charge >= 0.3 is 0 Å². The number of hydrogen-bond acceptors (Lipinski definition) is 2. The van der Waals surface area contributed by atoms with Crippen LogP contribution in [0.15, 0.2) is 17.3 Å². The monoisotopic (exact) mass is 207 g/mol. The highest BCUT2D eigenvalue weighted by atomic mass is 35.5. The molecule has 0 atom stereocenters. The molecule has 1 aromatic carbocycles. The summed E-state index contributed by atoms with van der Waals surface area (Å²) in [6.07, 6.45) is 0.911. The van der Waals surface area contributed by atoms with Crippen molar-refractivity contribution in [1.82, 2.24) is 0 Å². The molecule has 5 heteroatoms. The molecule has 0 radical (unpaired) electrons. The smallest absolute Gasteiger partial charge is 0.135 e. The molecule has 1 rings (SSSR count). The second-order valence-corrected chi connectivity index (χ2v) is 2.87. The van der Waals surface area contributed by atoms with E-state index in [1.54, 1.807) is 0 Å². The Hall–Kier alpha value is -0.800. The largest absolute Gasteiger partial charge is 0.411 e. The van der Waals surface area contributed by atoms with Crippen LogP contribution in [-0.2, 0) is 0 Å². The van der Waals surface area contributed by atoms with Crippen molar-refractivity contribution >= 4 is 29.4 Å². The van der Waals surface area contributed by atoms with E-state index < -0.39 is 5.82 Å². The summed E-state index contributed by atoms with van der Waals surface area (Å²) in [6.45, 7) is 0. The van der Waals surface area contributed by atoms with Crippen molar-refractivity contribution in [3.63, 3.8) is 0 Å². The maximum Gasteiger partial charge on any atom is 0.135 e. The lowest BCUT2D eigenvalue weighted by atomic mass is 10.2. The van der Waals surface area contributed by atoms with Gasteiger partial charge in [0, 0.05) is 5.02 Å². The van der Waals surface area contributed by atoms with Crippen LogP contribution in [0.2, 0.25) is 10.0 Å². The fourth-order valence-corrected chi connectivity index (χ4v) is 1.25. The van der Waals surface area contributed by atoms with Crippen LogP contribution >= 0.6 is 23.2 Å². The van der Waals surface area contributed by atoms with Crippen molar-refractivity contribution < 1.29 is 9.60 Å². The molecule has 0 fully saturated rings. The molecule has 1 aromatic rings. The van der Waals surface area contributed by atoms with E-state index in [-0.39, 0.29) is 15.6 Å². The van der Waals surface area contributed by atoms with Crippen molar-refractivity contribution in [1.29, 1.82) is 0 Å². The molecule has 0 unspecified atom stereocenters. The summed E-state index contributed by atoms with van der Waals surface area (Å²) in [5.74, 6) is -0.620. The predicted molar refractivity (Wildman–Crippen MR) is 45.8 cm³/mol. The van der Waals surface area contributed by atoms with Gasteiger partial charge in [0.15, 0.2) is 0 Å². The van der Waals surface area contributed by atoms with Crippen molar-refractivity contribution in [2.45, 2.75) is 0 Å². The van der Waals surface area contributed by atoms with E-state index in [1.807, 2.05) is 0 Å². The molecule has 0 amide bonds. The molecule has 0 heterocycles. The summed E-state index contributed by atoms with van der Waals surface area (Å²) in [4.78, 5) is 0. The van der Waals surface area contributed by atoms with Gasteiger partial charge in [0.1, 0.15) is 5.82 Å². The molecule has 0 aromatic heterocycles. The zero-order valence-electron chi connectivity index (χ0n) is 5.76. The molecule has 2 nitrogen and oxygen atoms in total. The second-order valence-electron chi connectivity index (χ2n) is 2.03. The van der Waals surface area contributed by atoms with Crippen LogP contribution in [0.1, 0.15) is 5.56 Å². The average Bonchev–Trinajstić information content (AvgIpc) is 1.96. The van der Waals surface area contributed by atoms with Crippen molar-refractivity contribution in [3.05, 3.63) is 33.6 Å². The van der Waals surface area contributed by atoms with Gasteiger partial charge in [-0.1, -0.05) is 28.4 Å². The van der Waals surface area contributed by atoms with Crippen LogP contribution in [0.5, 0.6) is 0 Å². The van der Waals surface area contributed by atoms with Crippen LogP contribution in [0, 0.1) is 5.82 Å². The normalized spacial score (nSPS) is 10.9. The zero-order chi connectivity index (χ0) is 9.14. The van der Waals surface area contributed by atoms with Gasteiger partial charge in [-0.3, -0.25) is 0 Å². The second kappa shape index (κ2) is 3.74. The van der Waals surface area contributed by atoms with Crippen molar-refractivity contribution in [2.75, 3.05) is 0 Å². The minimum Gasteiger partial charge on any atom is -0.411 e. The zero-order valence-corrected chi connectivity index (χ0v) is 7.27. The SMILES string of the molecule is O/N=C\c1c(F)cc(Cl)cc1Cl. The molecule has 0 aliphatic heterocycles. The molecule has 0 saturated heterocycles. The molecule has 1 N–H and O–H groups in total. The fourth-order valence-electron chi connectivity index (χ4n) is 0.734. The van der Waals surface area contributed by atoms with Gasteiger partial charge in [0.25, 0.3) is 0 Å². The lowest BCUT2D eigenvalue weighted by molar-refractivity contribution is 0.321. The Morgan fingerprint density at radius 1 is 1.42 bits per heavy atom. The van der Waals surface area contributed by atoms with E-state index in [4.69, 9.17) is 28.4 Å². The first-order valence-electron chi connectivity index (χ1n) is 2.97. The molecule has 12 heavy (non-hydrogen) atoms. The number of nitrogens with zero attached hydrogens (tertiary/aromatic N) is 1. The Kier molecular flexibility index (Phi) is 2.89. The van der Waals surface area contributed by atoms with Crippen LogP contribution < -0.4 is 0 Å². The summed E-state index contributed by atoms with van der Waals surface area (Å²) < 4.78 is 12.9. The summed E-state index contributed by atoms with van der Waals surface area (Å²) >= 11 is 11.1. The van der Waals surface area contributed by atoms with E-state index in [0.717, 1.165) is 12.3 Å². The van der Waals surface area contributed by atoms with E-state index >= 15 is 0 Å². The standard InChI is InChI=1S/C7H4Cl2FNO/c8-4-1-6(9)5(3-11-12)7(10)2-4/h1-3,12H/b11-3-. The molecular weight excluding hydrogens is 204 g/mol. The Bertz CT molecular complexity index is 304. The van der Waals surface area contributed by atoms with E-state index in [0.29, 0.717) is 0 Å². The fraction of sp³-hybridized carbons (Fsp3) is 0. The summed E-state index contributed by atoms with van der Waals surface area (Å²) in [5, 5.41) is 11.1. The van der Waals surface area contributed by atoms with E-state index in [9.17, 15) is 4.39 Å². The Labute approximate surface area is 78.2 Å². The van der Waals surface area contributed by atoms with Crippen LogP contribution in [0.4, 0.5) is 4.39 Å². The number of rotatable bonds is 1. The van der Waals surface area contributed by atoms with Gasteiger partial charge in [-0.2, -0.15) is 0 Å². The summed E-state index contributed by atoms with van der Waals surface area (Å²) in [6, 6.07) is 2.45. The van der Waals surface area contributed by atoms with Gasteiger partial charge in [-0.15, -0.1) is 0 Å². The third-order valence-corrected chi connectivity index (χ3v) is 1.76. The summed E-state index contributed by atoms with van der Waals surface area (Å²) in [7, 11) is 0. The van der Waals surface area contributed by atoms with Gasteiger partial charge in [-0.25, -0.2) is 4.39 Å². The highest BCUT2D eigenvalue weighted by Crippen LogP contribution is 2.22. The van der Waals surface area contributed by atoms with Crippen LogP contribution in [0.25, 0.3) is 0 Å². The highest BCUT2D eigenvalue weighted by Gasteiger charge is 2.06. The van der Waals surface area contributed by atoms with E-state index in [2.05, 4.69) is 5.16 Å². The number of halogens is 3. The van der Waals surface area contributed by atoms with Gasteiger partial charge in [0.2, 0.25) is 0 Å². The maximum atomic E-state index is 12.9. The first-order valence-corrected chi connectivity index (χ1v) is 3.72. The predicted octanol–water partition coefficient (Wildman–Crippen LogP) is 2.94. The molecule has 0 spiro atoms. The Morgan fingerprint density at radius 3 is 2.58 bits per heavy atom. The summed E-state index contributed by atoms with van der Waals surface area (Å²) in [5.41, 5.74) is 0.0172. The number of hydrogen-bond donors (Lipinski definition) is 1. The third-order valence-electron chi connectivity index (χ3n) is 1.23. The van der Waals surface area contributed by atoms with Crippen LogP contribution in [-0.4, -0.2) is 11.4 Å². The topological polar surface area (TPSA) is 32.6 Å². The third kappa shape index (κ3) is 1.87. The van der Waals surface area contributed by atoms with E-state index in [1.165, 1.54) is 6.07 Å².